The molecule has 1 aromatic carbocycles. The highest BCUT2D eigenvalue weighted by Gasteiger charge is 2.05. The van der Waals surface area contributed by atoms with Crippen molar-refractivity contribution in [3.63, 3.8) is 0 Å². The maximum atomic E-state index is 8.60. The Labute approximate surface area is 92.0 Å². The lowest BCUT2D eigenvalue weighted by molar-refractivity contribution is 0.318. The second kappa shape index (κ2) is 4.01. The zero-order valence-electron chi connectivity index (χ0n) is 8.70. The summed E-state index contributed by atoms with van der Waals surface area (Å²) < 4.78 is 1.64. The van der Waals surface area contributed by atoms with E-state index < -0.39 is 0 Å². The van der Waals surface area contributed by atoms with Crippen molar-refractivity contribution in [1.82, 2.24) is 14.8 Å². The van der Waals surface area contributed by atoms with Crippen LogP contribution in [0.25, 0.3) is 5.69 Å². The molecule has 3 N–H and O–H groups in total. The number of amidine groups is 1. The molecule has 0 aliphatic carbocycles. The molecule has 0 amide bonds. The summed E-state index contributed by atoms with van der Waals surface area (Å²) in [6.45, 7) is 1.88. The van der Waals surface area contributed by atoms with Gasteiger partial charge < -0.3 is 10.9 Å². The lowest BCUT2D eigenvalue weighted by Crippen LogP contribution is -2.14. The molecule has 6 nitrogen and oxygen atoms in total. The van der Waals surface area contributed by atoms with E-state index in [1.54, 1.807) is 17.1 Å². The number of benzene rings is 1. The number of hydrogen-bond donors (Lipinski definition) is 2. The van der Waals surface area contributed by atoms with Gasteiger partial charge >= 0.3 is 0 Å². The number of hydrogen-bond acceptors (Lipinski definition) is 4. The van der Waals surface area contributed by atoms with E-state index in [0.29, 0.717) is 5.56 Å². The number of nitrogens with zero attached hydrogens (tertiary/aromatic N) is 4. The number of rotatable bonds is 2. The topological polar surface area (TPSA) is 89.3 Å². The van der Waals surface area contributed by atoms with Crippen molar-refractivity contribution in [2.75, 3.05) is 0 Å². The summed E-state index contributed by atoms with van der Waals surface area (Å²) >= 11 is 0. The minimum atomic E-state index is 0.0997. The van der Waals surface area contributed by atoms with E-state index >= 15 is 0 Å². The molecule has 0 aliphatic heterocycles. The normalized spacial score (nSPS) is 11.7. The molecule has 6 heteroatoms. The van der Waals surface area contributed by atoms with E-state index in [-0.39, 0.29) is 5.84 Å². The fourth-order valence-electron chi connectivity index (χ4n) is 1.47. The molecular weight excluding hydrogens is 206 g/mol. The van der Waals surface area contributed by atoms with Gasteiger partial charge in [0, 0.05) is 5.56 Å². The van der Waals surface area contributed by atoms with Gasteiger partial charge in [-0.05, 0) is 30.7 Å². The quantitative estimate of drug-likeness (QED) is 0.335. The minimum Gasteiger partial charge on any atom is -0.409 e. The van der Waals surface area contributed by atoms with E-state index in [4.69, 9.17) is 10.9 Å². The molecule has 1 aromatic heterocycles. The first-order valence-corrected chi connectivity index (χ1v) is 4.66. The number of oxime groups is 1. The predicted molar refractivity (Wildman–Crippen MR) is 58.6 cm³/mol. The molecule has 82 valence electrons. The van der Waals surface area contributed by atoms with Gasteiger partial charge in [0.1, 0.15) is 12.7 Å². The maximum absolute atomic E-state index is 8.60. The molecule has 1 heterocycles. The van der Waals surface area contributed by atoms with Gasteiger partial charge in [0.15, 0.2) is 5.84 Å². The summed E-state index contributed by atoms with van der Waals surface area (Å²) in [5.41, 5.74) is 8.01. The average molecular weight is 217 g/mol. The molecule has 16 heavy (non-hydrogen) atoms. The molecule has 0 fully saturated rings. The fraction of sp³-hybridized carbons (Fsp3) is 0.100. The van der Waals surface area contributed by atoms with Crippen molar-refractivity contribution < 1.29 is 5.21 Å². The zero-order chi connectivity index (χ0) is 11.5. The minimum absolute atomic E-state index is 0.0997. The Balaban J connectivity index is 2.45. The summed E-state index contributed by atoms with van der Waals surface area (Å²) in [7, 11) is 0. The molecule has 0 unspecified atom stereocenters. The first kappa shape index (κ1) is 10.2. The van der Waals surface area contributed by atoms with Crippen LogP contribution in [0.2, 0.25) is 0 Å². The third-order valence-electron chi connectivity index (χ3n) is 2.28. The van der Waals surface area contributed by atoms with Crippen LogP contribution in [0, 0.1) is 6.92 Å². The third-order valence-corrected chi connectivity index (χ3v) is 2.28. The molecule has 0 aliphatic rings. The van der Waals surface area contributed by atoms with Crippen molar-refractivity contribution in [3.05, 3.63) is 42.0 Å². The van der Waals surface area contributed by atoms with Gasteiger partial charge in [-0.2, -0.15) is 5.10 Å². The van der Waals surface area contributed by atoms with Crippen LogP contribution in [-0.4, -0.2) is 25.8 Å². The average Bonchev–Trinajstić information content (AvgIpc) is 2.81. The van der Waals surface area contributed by atoms with Crippen LogP contribution in [0.3, 0.4) is 0 Å². The van der Waals surface area contributed by atoms with Crippen LogP contribution in [-0.2, 0) is 0 Å². The highest BCUT2D eigenvalue weighted by atomic mass is 16.4. The molecule has 0 radical (unpaired) electrons. The Kier molecular flexibility index (Phi) is 2.55. The van der Waals surface area contributed by atoms with Gasteiger partial charge in [-0.1, -0.05) is 5.16 Å². The van der Waals surface area contributed by atoms with Crippen LogP contribution in [0.4, 0.5) is 0 Å². The maximum Gasteiger partial charge on any atom is 0.170 e. The van der Waals surface area contributed by atoms with E-state index in [9.17, 15) is 0 Å². The molecule has 2 rings (SSSR count). The molecular formula is C10H11N5O. The Morgan fingerprint density at radius 1 is 1.50 bits per heavy atom. The van der Waals surface area contributed by atoms with Crippen LogP contribution in [0.1, 0.15) is 11.1 Å². The van der Waals surface area contributed by atoms with Gasteiger partial charge in [-0.15, -0.1) is 0 Å². The first-order chi connectivity index (χ1) is 7.72. The van der Waals surface area contributed by atoms with Gasteiger partial charge in [-0.25, -0.2) is 9.67 Å². The van der Waals surface area contributed by atoms with Crippen molar-refractivity contribution in [1.29, 1.82) is 0 Å². The Morgan fingerprint density at radius 2 is 2.31 bits per heavy atom. The van der Waals surface area contributed by atoms with Crippen molar-refractivity contribution in [3.8, 4) is 5.69 Å². The van der Waals surface area contributed by atoms with Crippen molar-refractivity contribution >= 4 is 5.84 Å². The second-order valence-electron chi connectivity index (χ2n) is 3.32. The van der Waals surface area contributed by atoms with Crippen LogP contribution < -0.4 is 5.73 Å². The number of nitrogens with two attached hydrogens (primary N) is 1. The van der Waals surface area contributed by atoms with E-state index in [0.717, 1.165) is 11.3 Å². The molecule has 0 saturated heterocycles. The van der Waals surface area contributed by atoms with E-state index in [1.807, 2.05) is 19.1 Å². The predicted octanol–water partition coefficient (Wildman–Crippen LogP) is 0.670. The lowest BCUT2D eigenvalue weighted by Gasteiger charge is -2.06. The van der Waals surface area contributed by atoms with Crippen LogP contribution in [0.15, 0.2) is 36.0 Å². The van der Waals surface area contributed by atoms with Gasteiger partial charge in [0.2, 0.25) is 0 Å². The summed E-state index contributed by atoms with van der Waals surface area (Å²) in [6, 6.07) is 5.50. The number of aryl methyl sites for hydroxylation is 1. The number of aromatic nitrogens is 3. The Hall–Kier alpha value is -2.37. The molecule has 2 aromatic rings. The van der Waals surface area contributed by atoms with E-state index in [1.165, 1.54) is 6.33 Å². The standard InChI is InChI=1S/C10H11N5O/c1-7-4-8(15-6-12-5-13-15)2-3-9(7)10(11)14-16/h2-6,16H,1H3,(H2,11,14). The van der Waals surface area contributed by atoms with Gasteiger partial charge in [-0.3, -0.25) is 0 Å². The van der Waals surface area contributed by atoms with Gasteiger partial charge in [0.25, 0.3) is 0 Å². The summed E-state index contributed by atoms with van der Waals surface area (Å²) in [5, 5.41) is 15.6. The zero-order valence-corrected chi connectivity index (χ0v) is 8.70. The summed E-state index contributed by atoms with van der Waals surface area (Å²) in [4.78, 5) is 3.87. The largest absolute Gasteiger partial charge is 0.409 e. The first-order valence-electron chi connectivity index (χ1n) is 4.66. The SMILES string of the molecule is Cc1cc(-n2cncn2)ccc1/C(N)=N/O. The van der Waals surface area contributed by atoms with Crippen LogP contribution in [0.5, 0.6) is 0 Å². The highest BCUT2D eigenvalue weighted by Crippen LogP contribution is 2.13. The van der Waals surface area contributed by atoms with E-state index in [2.05, 4.69) is 15.2 Å². The summed E-state index contributed by atoms with van der Waals surface area (Å²) in [5.74, 6) is 0.0997. The molecule has 0 atom stereocenters. The van der Waals surface area contributed by atoms with Crippen LogP contribution >= 0.6 is 0 Å². The third kappa shape index (κ3) is 1.72. The van der Waals surface area contributed by atoms with Crippen molar-refractivity contribution in [2.24, 2.45) is 10.9 Å². The molecule has 0 saturated carbocycles. The van der Waals surface area contributed by atoms with Crippen molar-refractivity contribution in [2.45, 2.75) is 6.92 Å². The fourth-order valence-corrected chi connectivity index (χ4v) is 1.47. The monoisotopic (exact) mass is 217 g/mol. The Bertz CT molecular complexity index is 518. The second-order valence-corrected chi connectivity index (χ2v) is 3.32. The Morgan fingerprint density at radius 3 is 2.88 bits per heavy atom. The van der Waals surface area contributed by atoms with Gasteiger partial charge in [0.05, 0.1) is 5.69 Å². The highest BCUT2D eigenvalue weighted by molar-refractivity contribution is 5.98. The lowest BCUT2D eigenvalue weighted by atomic mass is 10.1. The smallest absolute Gasteiger partial charge is 0.170 e. The summed E-state index contributed by atoms with van der Waals surface area (Å²) in [6.07, 6.45) is 3.07. The molecule has 0 spiro atoms. The molecule has 0 bridgehead atoms.